The van der Waals surface area contributed by atoms with E-state index >= 15 is 0 Å². The van der Waals surface area contributed by atoms with Gasteiger partial charge in [0.25, 0.3) is 0 Å². The molecule has 1 atom stereocenters. The Morgan fingerprint density at radius 1 is 1.36 bits per heavy atom. The van der Waals surface area contributed by atoms with Gasteiger partial charge in [0.2, 0.25) is 5.91 Å². The Labute approximate surface area is 152 Å². The first-order valence-corrected chi connectivity index (χ1v) is 9.79. The summed E-state index contributed by atoms with van der Waals surface area (Å²) in [5.41, 5.74) is 1.15. The molecule has 0 N–H and O–H groups in total. The lowest BCUT2D eigenvalue weighted by Crippen LogP contribution is -2.46. The normalized spacial score (nSPS) is 17.7. The van der Waals surface area contributed by atoms with Crippen molar-refractivity contribution in [3.8, 4) is 0 Å². The largest absolute Gasteiger partial charge is 0.348 e. The number of piperidine rings is 1. The Balaban J connectivity index is 1.69. The van der Waals surface area contributed by atoms with E-state index in [-0.39, 0.29) is 24.2 Å². The molecule has 0 aromatic carbocycles. The Bertz CT molecular complexity index is 782. The van der Waals surface area contributed by atoms with Gasteiger partial charge >= 0.3 is 5.69 Å². The summed E-state index contributed by atoms with van der Waals surface area (Å²) in [5, 5.41) is 2.10. The highest BCUT2D eigenvalue weighted by molar-refractivity contribution is 7.09. The van der Waals surface area contributed by atoms with Crippen LogP contribution < -0.4 is 5.69 Å². The van der Waals surface area contributed by atoms with Crippen LogP contribution in [0.25, 0.3) is 0 Å². The van der Waals surface area contributed by atoms with Crippen molar-refractivity contribution in [2.75, 3.05) is 6.54 Å². The van der Waals surface area contributed by atoms with Gasteiger partial charge in [-0.2, -0.15) is 4.98 Å². The van der Waals surface area contributed by atoms with Gasteiger partial charge in [-0.05, 0) is 63.5 Å². The second-order valence-electron chi connectivity index (χ2n) is 6.76. The molecule has 5 nitrogen and oxygen atoms in total. The molecule has 6 heteroatoms. The van der Waals surface area contributed by atoms with Crippen molar-refractivity contribution in [3.05, 3.63) is 50.3 Å². The number of nitrogens with zero attached hydrogens (tertiary/aromatic N) is 3. The zero-order valence-electron chi connectivity index (χ0n) is 14.9. The quantitative estimate of drug-likeness (QED) is 0.825. The summed E-state index contributed by atoms with van der Waals surface area (Å²) < 4.78 is 1.49. The second kappa shape index (κ2) is 7.95. The van der Waals surface area contributed by atoms with E-state index in [4.69, 9.17) is 0 Å². The lowest BCUT2D eigenvalue weighted by molar-refractivity contribution is -0.135. The molecule has 0 spiro atoms. The van der Waals surface area contributed by atoms with Crippen LogP contribution in [0.2, 0.25) is 0 Å². The lowest BCUT2D eigenvalue weighted by Gasteiger charge is -2.36. The third-order valence-electron chi connectivity index (χ3n) is 4.89. The Kier molecular flexibility index (Phi) is 5.68. The maximum atomic E-state index is 12.9. The van der Waals surface area contributed by atoms with Crippen LogP contribution in [0.5, 0.6) is 0 Å². The van der Waals surface area contributed by atoms with Crippen LogP contribution in [0.3, 0.4) is 0 Å². The number of likely N-dealkylation sites (tertiary alicyclic amines) is 1. The summed E-state index contributed by atoms with van der Waals surface area (Å²) in [5.74, 6) is 0.0340. The van der Waals surface area contributed by atoms with Crippen molar-refractivity contribution in [2.24, 2.45) is 0 Å². The van der Waals surface area contributed by atoms with Gasteiger partial charge in [-0.3, -0.25) is 9.36 Å². The summed E-state index contributed by atoms with van der Waals surface area (Å²) in [6, 6.07) is 6.35. The predicted octanol–water partition coefficient (Wildman–Crippen LogP) is 2.94. The summed E-state index contributed by atoms with van der Waals surface area (Å²) in [6.45, 7) is 4.54. The van der Waals surface area contributed by atoms with Gasteiger partial charge in [-0.25, -0.2) is 4.79 Å². The van der Waals surface area contributed by atoms with E-state index in [1.807, 2.05) is 17.9 Å². The van der Waals surface area contributed by atoms with Crippen molar-refractivity contribution >= 4 is 17.2 Å². The molecule has 1 aliphatic rings. The second-order valence-corrected chi connectivity index (χ2v) is 7.79. The van der Waals surface area contributed by atoms with Crippen LogP contribution in [-0.4, -0.2) is 32.9 Å². The van der Waals surface area contributed by atoms with Crippen LogP contribution in [0.1, 0.15) is 41.9 Å². The lowest BCUT2D eigenvalue weighted by atomic mass is 9.97. The van der Waals surface area contributed by atoms with E-state index in [9.17, 15) is 9.59 Å². The molecular weight excluding hydrogens is 334 g/mol. The zero-order valence-corrected chi connectivity index (χ0v) is 15.7. The molecule has 0 saturated carbocycles. The van der Waals surface area contributed by atoms with E-state index in [2.05, 4.69) is 22.5 Å². The zero-order chi connectivity index (χ0) is 17.8. The molecule has 134 valence electrons. The van der Waals surface area contributed by atoms with Gasteiger partial charge in [0.05, 0.1) is 0 Å². The maximum Gasteiger partial charge on any atom is 0.348 e. The Hall–Kier alpha value is -1.95. The molecule has 0 unspecified atom stereocenters. The molecule has 1 aliphatic heterocycles. The molecule has 0 aliphatic carbocycles. The van der Waals surface area contributed by atoms with Crippen LogP contribution in [0.15, 0.2) is 28.4 Å². The van der Waals surface area contributed by atoms with Gasteiger partial charge in [0.1, 0.15) is 6.54 Å². The molecule has 25 heavy (non-hydrogen) atoms. The number of amides is 1. The van der Waals surface area contributed by atoms with Gasteiger partial charge in [0, 0.05) is 28.9 Å². The van der Waals surface area contributed by atoms with Crippen molar-refractivity contribution in [1.29, 1.82) is 0 Å². The van der Waals surface area contributed by atoms with Crippen LogP contribution in [-0.2, 0) is 17.8 Å². The predicted molar refractivity (Wildman–Crippen MR) is 100.0 cm³/mol. The smallest absolute Gasteiger partial charge is 0.338 e. The molecule has 2 aromatic rings. The fraction of sp³-hybridized carbons (Fsp3) is 0.526. The van der Waals surface area contributed by atoms with E-state index < -0.39 is 0 Å². The van der Waals surface area contributed by atoms with Crippen LogP contribution >= 0.6 is 11.3 Å². The molecule has 0 radical (unpaired) electrons. The first-order valence-electron chi connectivity index (χ1n) is 8.91. The van der Waals surface area contributed by atoms with E-state index in [0.717, 1.165) is 37.9 Å². The number of hydrogen-bond donors (Lipinski definition) is 0. The number of rotatable bonds is 5. The summed E-state index contributed by atoms with van der Waals surface area (Å²) in [7, 11) is 0. The minimum Gasteiger partial charge on any atom is -0.338 e. The fourth-order valence-corrected chi connectivity index (χ4v) is 4.31. The van der Waals surface area contributed by atoms with Crippen molar-refractivity contribution in [3.63, 3.8) is 0 Å². The number of aromatic nitrogens is 2. The minimum atomic E-state index is -0.335. The number of thiophene rings is 1. The van der Waals surface area contributed by atoms with E-state index in [1.165, 1.54) is 15.9 Å². The third kappa shape index (κ3) is 4.37. The molecule has 1 fully saturated rings. The van der Waals surface area contributed by atoms with Crippen LogP contribution in [0.4, 0.5) is 0 Å². The van der Waals surface area contributed by atoms with Crippen molar-refractivity contribution < 1.29 is 4.79 Å². The summed E-state index contributed by atoms with van der Waals surface area (Å²) >= 11 is 1.77. The minimum absolute atomic E-state index is 0.0340. The van der Waals surface area contributed by atoms with Gasteiger partial charge < -0.3 is 4.90 Å². The van der Waals surface area contributed by atoms with Gasteiger partial charge in [-0.1, -0.05) is 6.07 Å². The van der Waals surface area contributed by atoms with E-state index in [1.54, 1.807) is 18.3 Å². The molecule has 3 rings (SSSR count). The first-order chi connectivity index (χ1) is 12.0. The van der Waals surface area contributed by atoms with E-state index in [0.29, 0.717) is 5.69 Å². The summed E-state index contributed by atoms with van der Waals surface area (Å²) in [6.07, 6.45) is 5.27. The van der Waals surface area contributed by atoms with Crippen LogP contribution in [0, 0.1) is 13.8 Å². The molecule has 0 bridgehead atoms. The molecule has 1 saturated heterocycles. The van der Waals surface area contributed by atoms with Gasteiger partial charge in [-0.15, -0.1) is 11.3 Å². The number of carbonyl (C=O) groups excluding carboxylic acids is 1. The maximum absolute atomic E-state index is 12.9. The number of hydrogen-bond acceptors (Lipinski definition) is 4. The Morgan fingerprint density at radius 3 is 2.92 bits per heavy atom. The standard InChI is InChI=1S/C19H25N3O2S/c1-14-12-15(2)22(19(24)20-14)13-18(23)21-10-4-3-6-16(21)8-9-17-7-5-11-25-17/h5,7,11-12,16H,3-4,6,8-10,13H2,1-2H3/t16-/m1/s1. The molecule has 2 aromatic heterocycles. The van der Waals surface area contributed by atoms with Gasteiger partial charge in [0.15, 0.2) is 0 Å². The Morgan fingerprint density at radius 2 is 2.20 bits per heavy atom. The average molecular weight is 359 g/mol. The van der Waals surface area contributed by atoms with Crippen molar-refractivity contribution in [2.45, 2.75) is 58.5 Å². The fourth-order valence-electron chi connectivity index (χ4n) is 3.59. The highest BCUT2D eigenvalue weighted by Crippen LogP contribution is 2.23. The first kappa shape index (κ1) is 17.9. The topological polar surface area (TPSA) is 55.2 Å². The molecule has 1 amide bonds. The molecule has 3 heterocycles. The third-order valence-corrected chi connectivity index (χ3v) is 5.83. The number of aryl methyl sites for hydroxylation is 3. The highest BCUT2D eigenvalue weighted by atomic mass is 32.1. The average Bonchev–Trinajstić information content (AvgIpc) is 3.10. The SMILES string of the molecule is Cc1cc(C)n(CC(=O)N2CCCC[C@@H]2CCc2cccs2)c(=O)n1. The van der Waals surface area contributed by atoms with Crippen molar-refractivity contribution in [1.82, 2.24) is 14.5 Å². The monoisotopic (exact) mass is 359 g/mol. The summed E-state index contributed by atoms with van der Waals surface area (Å²) in [4.78, 5) is 32.3. The molecular formula is C19H25N3O2S. The number of carbonyl (C=O) groups is 1. The highest BCUT2D eigenvalue weighted by Gasteiger charge is 2.27.